The predicted octanol–water partition coefficient (Wildman–Crippen LogP) is 3.60. The molecule has 0 N–H and O–H groups in total. The van der Waals surface area contributed by atoms with Crippen molar-refractivity contribution in [1.29, 1.82) is 0 Å². The molecule has 1 rings (SSSR count). The van der Waals surface area contributed by atoms with Crippen molar-refractivity contribution < 1.29 is 0 Å². The lowest BCUT2D eigenvalue weighted by Gasteiger charge is -2.16. The number of rotatable bonds is 3. The van der Waals surface area contributed by atoms with Gasteiger partial charge in [0.1, 0.15) is 0 Å². The summed E-state index contributed by atoms with van der Waals surface area (Å²) in [5.41, 5.74) is 2.40. The highest BCUT2D eigenvalue weighted by atomic mass is 79.9. The van der Waals surface area contributed by atoms with Crippen molar-refractivity contribution in [3.8, 4) is 0 Å². The zero-order valence-corrected chi connectivity index (χ0v) is 11.1. The standard InChI is InChI=1S/C11H15BrClN/c1-8-4-5-9(6-10(8)12)11(13)7-14(2)3/h4-6,11H,7H2,1-3H3/t11-/m1/s1. The van der Waals surface area contributed by atoms with Gasteiger partial charge in [0.2, 0.25) is 0 Å². The Morgan fingerprint density at radius 2 is 2.07 bits per heavy atom. The van der Waals surface area contributed by atoms with Gasteiger partial charge in [-0.05, 0) is 38.2 Å². The maximum absolute atomic E-state index is 6.26. The molecule has 3 heteroatoms. The van der Waals surface area contributed by atoms with Crippen molar-refractivity contribution >= 4 is 27.5 Å². The van der Waals surface area contributed by atoms with Crippen LogP contribution in [0, 0.1) is 6.92 Å². The fourth-order valence-electron chi connectivity index (χ4n) is 1.23. The molecule has 14 heavy (non-hydrogen) atoms. The van der Waals surface area contributed by atoms with Crippen LogP contribution in [0.15, 0.2) is 22.7 Å². The summed E-state index contributed by atoms with van der Waals surface area (Å²) >= 11 is 9.77. The van der Waals surface area contributed by atoms with E-state index in [4.69, 9.17) is 11.6 Å². The van der Waals surface area contributed by atoms with E-state index in [1.54, 1.807) is 0 Å². The minimum Gasteiger partial charge on any atom is -0.308 e. The van der Waals surface area contributed by atoms with Gasteiger partial charge < -0.3 is 4.90 Å². The van der Waals surface area contributed by atoms with Gasteiger partial charge in [0.15, 0.2) is 0 Å². The van der Waals surface area contributed by atoms with E-state index in [1.807, 2.05) is 14.1 Å². The molecule has 0 aromatic heterocycles. The van der Waals surface area contributed by atoms with Crippen molar-refractivity contribution in [1.82, 2.24) is 4.90 Å². The molecule has 0 aliphatic heterocycles. The third kappa shape index (κ3) is 3.26. The molecule has 0 bridgehead atoms. The Morgan fingerprint density at radius 1 is 1.43 bits per heavy atom. The summed E-state index contributed by atoms with van der Waals surface area (Å²) in [6.45, 7) is 2.93. The van der Waals surface area contributed by atoms with E-state index in [0.717, 1.165) is 16.6 Å². The molecule has 1 atom stereocenters. The first-order chi connectivity index (χ1) is 6.50. The van der Waals surface area contributed by atoms with Crippen LogP contribution in [0.1, 0.15) is 16.5 Å². The lowest BCUT2D eigenvalue weighted by Crippen LogP contribution is -2.17. The van der Waals surface area contributed by atoms with Crippen LogP contribution in [0.3, 0.4) is 0 Å². The van der Waals surface area contributed by atoms with Gasteiger partial charge in [-0.15, -0.1) is 11.6 Å². The van der Waals surface area contributed by atoms with E-state index in [2.05, 4.69) is 46.0 Å². The third-order valence-corrected chi connectivity index (χ3v) is 3.33. The van der Waals surface area contributed by atoms with Crippen LogP contribution >= 0.6 is 27.5 Å². The van der Waals surface area contributed by atoms with E-state index < -0.39 is 0 Å². The lowest BCUT2D eigenvalue weighted by atomic mass is 10.1. The predicted molar refractivity (Wildman–Crippen MR) is 66.0 cm³/mol. The summed E-state index contributed by atoms with van der Waals surface area (Å²) in [5, 5.41) is 0.0573. The van der Waals surface area contributed by atoms with Gasteiger partial charge in [0.25, 0.3) is 0 Å². The van der Waals surface area contributed by atoms with E-state index in [9.17, 15) is 0 Å². The number of hydrogen-bond acceptors (Lipinski definition) is 1. The summed E-state index contributed by atoms with van der Waals surface area (Å²) in [7, 11) is 4.05. The molecule has 0 saturated carbocycles. The molecule has 1 aromatic rings. The maximum Gasteiger partial charge on any atom is 0.0712 e. The second-order valence-corrected chi connectivity index (χ2v) is 5.12. The summed E-state index contributed by atoms with van der Waals surface area (Å²) in [6.07, 6.45) is 0. The van der Waals surface area contributed by atoms with Crippen LogP contribution in [-0.2, 0) is 0 Å². The van der Waals surface area contributed by atoms with Crippen LogP contribution in [0.5, 0.6) is 0 Å². The highest BCUT2D eigenvalue weighted by molar-refractivity contribution is 9.10. The SMILES string of the molecule is Cc1ccc([C@H](Cl)CN(C)C)cc1Br. The zero-order chi connectivity index (χ0) is 10.7. The van der Waals surface area contributed by atoms with Crippen molar-refractivity contribution in [2.24, 2.45) is 0 Å². The first-order valence-corrected chi connectivity index (χ1v) is 5.78. The van der Waals surface area contributed by atoms with Crippen LogP contribution in [0.4, 0.5) is 0 Å². The molecule has 0 radical (unpaired) electrons. The molecule has 0 amide bonds. The molecule has 1 nitrogen and oxygen atoms in total. The molecule has 0 aliphatic rings. The fraction of sp³-hybridized carbons (Fsp3) is 0.455. The molecule has 0 aliphatic carbocycles. The molecular weight excluding hydrogens is 261 g/mol. The Labute approximate surface area is 99.2 Å². The van der Waals surface area contributed by atoms with Gasteiger partial charge in [0.05, 0.1) is 5.38 Å². The summed E-state index contributed by atoms with van der Waals surface area (Å²) < 4.78 is 1.12. The number of likely N-dealkylation sites (N-methyl/N-ethyl adjacent to an activating group) is 1. The van der Waals surface area contributed by atoms with Gasteiger partial charge in [-0.2, -0.15) is 0 Å². The number of benzene rings is 1. The summed E-state index contributed by atoms with van der Waals surface area (Å²) in [4.78, 5) is 2.09. The van der Waals surface area contributed by atoms with E-state index >= 15 is 0 Å². The topological polar surface area (TPSA) is 3.24 Å². The monoisotopic (exact) mass is 275 g/mol. The Balaban J connectivity index is 2.80. The highest BCUT2D eigenvalue weighted by Gasteiger charge is 2.09. The second-order valence-electron chi connectivity index (χ2n) is 3.74. The van der Waals surface area contributed by atoms with Gasteiger partial charge in [-0.25, -0.2) is 0 Å². The Morgan fingerprint density at radius 3 is 2.57 bits per heavy atom. The average molecular weight is 277 g/mol. The van der Waals surface area contributed by atoms with Crippen molar-refractivity contribution in [2.45, 2.75) is 12.3 Å². The third-order valence-electron chi connectivity index (χ3n) is 2.08. The van der Waals surface area contributed by atoms with Gasteiger partial charge in [0, 0.05) is 11.0 Å². The van der Waals surface area contributed by atoms with Crippen LogP contribution in [-0.4, -0.2) is 25.5 Å². The van der Waals surface area contributed by atoms with E-state index in [-0.39, 0.29) is 5.38 Å². The van der Waals surface area contributed by atoms with E-state index in [0.29, 0.717) is 0 Å². The number of aryl methyl sites for hydroxylation is 1. The molecule has 0 spiro atoms. The smallest absolute Gasteiger partial charge is 0.0712 e. The van der Waals surface area contributed by atoms with Crippen molar-refractivity contribution in [2.75, 3.05) is 20.6 Å². The quantitative estimate of drug-likeness (QED) is 0.763. The van der Waals surface area contributed by atoms with Gasteiger partial charge in [-0.1, -0.05) is 28.1 Å². The zero-order valence-electron chi connectivity index (χ0n) is 8.72. The minimum atomic E-state index is 0.0573. The normalized spacial score (nSPS) is 13.3. The Bertz CT molecular complexity index is 312. The molecule has 0 unspecified atom stereocenters. The Kier molecular flexibility index (Phi) is 4.42. The lowest BCUT2D eigenvalue weighted by molar-refractivity contribution is 0.408. The molecule has 0 heterocycles. The van der Waals surface area contributed by atoms with Crippen molar-refractivity contribution in [3.63, 3.8) is 0 Å². The molecule has 0 saturated heterocycles. The first kappa shape index (κ1) is 12.0. The largest absolute Gasteiger partial charge is 0.308 e. The first-order valence-electron chi connectivity index (χ1n) is 4.55. The number of nitrogens with zero attached hydrogens (tertiary/aromatic N) is 1. The fourth-order valence-corrected chi connectivity index (χ4v) is 2.04. The summed E-state index contributed by atoms with van der Waals surface area (Å²) in [6, 6.07) is 6.27. The number of hydrogen-bond donors (Lipinski definition) is 0. The number of halogens is 2. The van der Waals surface area contributed by atoms with Crippen LogP contribution in [0.2, 0.25) is 0 Å². The summed E-state index contributed by atoms with van der Waals surface area (Å²) in [5.74, 6) is 0. The van der Waals surface area contributed by atoms with Crippen LogP contribution < -0.4 is 0 Å². The van der Waals surface area contributed by atoms with Crippen LogP contribution in [0.25, 0.3) is 0 Å². The maximum atomic E-state index is 6.26. The van der Waals surface area contributed by atoms with Gasteiger partial charge in [-0.3, -0.25) is 0 Å². The second kappa shape index (κ2) is 5.15. The van der Waals surface area contributed by atoms with E-state index in [1.165, 1.54) is 5.56 Å². The molecule has 0 fully saturated rings. The average Bonchev–Trinajstić information content (AvgIpc) is 2.08. The Hall–Kier alpha value is -0.0500. The molecule has 1 aromatic carbocycles. The van der Waals surface area contributed by atoms with Gasteiger partial charge >= 0.3 is 0 Å². The van der Waals surface area contributed by atoms with Crippen molar-refractivity contribution in [3.05, 3.63) is 33.8 Å². The molecule has 78 valence electrons. The molecular formula is C11H15BrClN. The minimum absolute atomic E-state index is 0.0573. The number of alkyl halides is 1. The highest BCUT2D eigenvalue weighted by Crippen LogP contribution is 2.25.